The average molecular weight is 904 g/mol. The van der Waals surface area contributed by atoms with Crippen molar-refractivity contribution in [2.75, 3.05) is 11.5 Å². The van der Waals surface area contributed by atoms with E-state index in [4.69, 9.17) is 10.8 Å². The number of primary amides is 1. The van der Waals surface area contributed by atoms with Crippen molar-refractivity contribution in [1.82, 2.24) is 31.9 Å². The van der Waals surface area contributed by atoms with Gasteiger partial charge < -0.3 is 42.7 Å². The minimum Gasteiger partial charge on any atom is -0.481 e. The van der Waals surface area contributed by atoms with Crippen LogP contribution in [0.1, 0.15) is 89.7 Å². The molecule has 16 nitrogen and oxygen atoms in total. The van der Waals surface area contributed by atoms with Crippen molar-refractivity contribution < 1.29 is 43.5 Å². The number of hydrogen-bond acceptors (Lipinski definition) is 11. The fraction of sp³-hybridized carbons (Fsp3) is 0.571. The molecule has 2 heterocycles. The van der Waals surface area contributed by atoms with Crippen LogP contribution in [0.15, 0.2) is 41.8 Å². The number of thioether (sulfide) groups is 2. The van der Waals surface area contributed by atoms with Gasteiger partial charge in [-0.25, -0.2) is 0 Å². The molecule has 0 fully saturated rings. The molecule has 1 aromatic carbocycles. The Morgan fingerprint density at radius 2 is 1.57 bits per heavy atom. The van der Waals surface area contributed by atoms with Crippen LogP contribution in [-0.4, -0.2) is 99.7 Å². The van der Waals surface area contributed by atoms with Gasteiger partial charge in [0.05, 0.1) is 0 Å². The van der Waals surface area contributed by atoms with Crippen molar-refractivity contribution in [1.29, 1.82) is 0 Å². The van der Waals surface area contributed by atoms with E-state index in [0.717, 1.165) is 16.0 Å². The molecule has 3 rings (SSSR count). The zero-order valence-electron chi connectivity index (χ0n) is 35.7. The van der Waals surface area contributed by atoms with Crippen molar-refractivity contribution in [2.45, 2.75) is 127 Å². The monoisotopic (exact) mass is 903 g/mol. The number of nitrogens with one attached hydrogen (secondary N) is 6. The van der Waals surface area contributed by atoms with E-state index in [1.807, 2.05) is 56.5 Å². The molecule has 0 spiro atoms. The summed E-state index contributed by atoms with van der Waals surface area (Å²) in [5, 5.41) is 27.4. The summed E-state index contributed by atoms with van der Waals surface area (Å²) in [4.78, 5) is 107. The Morgan fingerprint density at radius 3 is 2.16 bits per heavy atom. The smallest absolute Gasteiger partial charge is 0.303 e. The number of carbonyl (C=O) groups excluding carboxylic acids is 7. The summed E-state index contributed by atoms with van der Waals surface area (Å²) in [7, 11) is 0. The minimum atomic E-state index is -1.61. The van der Waals surface area contributed by atoms with Crippen molar-refractivity contribution >= 4 is 82.2 Å². The second-order valence-corrected chi connectivity index (χ2v) is 19.3. The number of hydrogen-bond donors (Lipinski definition) is 8. The maximum absolute atomic E-state index is 14.2. The SMILES string of the molecule is CC[C@H](C)[C@@H]1NC(=O)[C@H](CC(C)C)NC(=O)C(C)(C)NC(=O)C(NC(=O)[C@H](Cc2cccs2)NC(=O)CCCC(=O)O)CSCc2cccc(c2)CSC[C@@H](C(N)=O)NC1=O. The van der Waals surface area contributed by atoms with Gasteiger partial charge >= 0.3 is 5.97 Å². The van der Waals surface area contributed by atoms with Crippen LogP contribution in [0.3, 0.4) is 0 Å². The number of aliphatic carboxylic acids is 1. The summed E-state index contributed by atoms with van der Waals surface area (Å²) in [6.45, 7) is 10.3. The quantitative estimate of drug-likeness (QED) is 0.137. The van der Waals surface area contributed by atoms with Crippen molar-refractivity contribution in [3.63, 3.8) is 0 Å². The van der Waals surface area contributed by atoms with E-state index in [9.17, 15) is 38.4 Å². The maximum Gasteiger partial charge on any atom is 0.303 e. The summed E-state index contributed by atoms with van der Waals surface area (Å²) in [5.41, 5.74) is 5.96. The maximum atomic E-state index is 14.2. The van der Waals surface area contributed by atoms with Gasteiger partial charge in [0, 0.05) is 47.2 Å². The molecule has 0 radical (unpaired) electrons. The molecule has 61 heavy (non-hydrogen) atoms. The van der Waals surface area contributed by atoms with E-state index >= 15 is 0 Å². The van der Waals surface area contributed by atoms with Crippen LogP contribution < -0.4 is 37.6 Å². The molecule has 19 heteroatoms. The van der Waals surface area contributed by atoms with Gasteiger partial charge in [-0.1, -0.05) is 64.4 Å². The molecule has 6 atom stereocenters. The molecule has 336 valence electrons. The summed E-state index contributed by atoms with van der Waals surface area (Å²) < 4.78 is 0. The number of fused-ring (bicyclic) bond motifs is 2. The molecule has 0 aliphatic carbocycles. The van der Waals surface area contributed by atoms with E-state index in [-0.39, 0.29) is 55.4 Å². The Morgan fingerprint density at radius 1 is 0.902 bits per heavy atom. The number of rotatable bonds is 14. The minimum absolute atomic E-state index is 0.0713. The molecule has 2 bridgehead atoms. The first-order valence-corrected chi connectivity index (χ1v) is 23.6. The molecule has 9 N–H and O–H groups in total. The second kappa shape index (κ2) is 24.7. The zero-order chi connectivity index (χ0) is 45.3. The molecule has 0 saturated carbocycles. The lowest BCUT2D eigenvalue weighted by molar-refractivity contribution is -0.137. The first-order valence-electron chi connectivity index (χ1n) is 20.4. The van der Waals surface area contributed by atoms with E-state index in [1.165, 1.54) is 48.7 Å². The summed E-state index contributed by atoms with van der Waals surface area (Å²) >= 11 is 4.14. The highest BCUT2D eigenvalue weighted by Gasteiger charge is 2.38. The molecule has 1 aromatic heterocycles. The second-order valence-electron chi connectivity index (χ2n) is 16.2. The van der Waals surface area contributed by atoms with Gasteiger partial charge in [-0.3, -0.25) is 38.4 Å². The largest absolute Gasteiger partial charge is 0.481 e. The Balaban J connectivity index is 1.98. The Labute approximate surface area is 370 Å². The molecule has 7 amide bonds. The lowest BCUT2D eigenvalue weighted by Gasteiger charge is -2.32. The van der Waals surface area contributed by atoms with Crippen LogP contribution in [0.2, 0.25) is 0 Å². The number of nitrogens with two attached hydrogens (primary N) is 1. The van der Waals surface area contributed by atoms with Gasteiger partial charge in [-0.05, 0) is 61.1 Å². The van der Waals surface area contributed by atoms with Crippen molar-refractivity contribution in [3.8, 4) is 0 Å². The Bertz CT molecular complexity index is 1840. The standard InChI is InChI=1S/C42H61N7O9S3/c1-7-25(4)35-40(57)45-31(36(43)53)22-59-20-26-11-8-12-27(18-26)21-60-23-32(39(56)49-42(5,6)41(58)47-29(17-24(2)3)38(55)48-35)46-37(54)30(19-28-13-10-16-61-28)44-33(50)14-9-15-34(51)52/h8,10-13,16,18,24-25,29-32,35H,7,9,14-15,17,19-23H2,1-6H3,(H2,43,53)(H,44,50)(H,45,57)(H,46,54)(H,47,58)(H,48,55)(H,49,56)(H,51,52)/t25-,29-,30-,31-,32?,35-/m0/s1. The molecular weight excluding hydrogens is 843 g/mol. The third kappa shape index (κ3) is 17.3. The van der Waals surface area contributed by atoms with Crippen LogP contribution >= 0.6 is 34.9 Å². The number of thiophene rings is 1. The van der Waals surface area contributed by atoms with E-state index < -0.39 is 83.1 Å². The molecule has 1 aliphatic rings. The van der Waals surface area contributed by atoms with Crippen molar-refractivity contribution in [3.05, 3.63) is 57.8 Å². The van der Waals surface area contributed by atoms with Crippen LogP contribution in [-0.2, 0) is 56.3 Å². The number of carboxylic acids is 1. The number of amides is 7. The number of carboxylic acid groups (broad SMARTS) is 1. The third-order valence-corrected chi connectivity index (χ3v) is 13.1. The first-order chi connectivity index (χ1) is 28.8. The van der Waals surface area contributed by atoms with Gasteiger partial charge in [0.15, 0.2) is 0 Å². The normalized spacial score (nSPS) is 21.8. The molecule has 2 aromatic rings. The highest BCUT2D eigenvalue weighted by atomic mass is 32.2. The lowest BCUT2D eigenvalue weighted by atomic mass is 9.96. The number of carbonyl (C=O) groups is 8. The van der Waals surface area contributed by atoms with E-state index in [2.05, 4.69) is 31.9 Å². The van der Waals surface area contributed by atoms with E-state index in [1.54, 1.807) is 13.0 Å². The summed E-state index contributed by atoms with van der Waals surface area (Å²) in [6.07, 6.45) is 0.569. The van der Waals surface area contributed by atoms with Gasteiger partial charge in [0.25, 0.3) is 0 Å². The lowest BCUT2D eigenvalue weighted by Crippen LogP contribution is -2.64. The van der Waals surface area contributed by atoms with Gasteiger partial charge in [-0.15, -0.1) is 11.3 Å². The predicted octanol–water partition coefficient (Wildman–Crippen LogP) is 2.62. The summed E-state index contributed by atoms with van der Waals surface area (Å²) in [5.74, 6) is -4.78. The average Bonchev–Trinajstić information content (AvgIpc) is 3.70. The zero-order valence-corrected chi connectivity index (χ0v) is 38.1. The molecule has 1 aliphatic heterocycles. The van der Waals surface area contributed by atoms with Gasteiger partial charge in [0.1, 0.15) is 35.7 Å². The van der Waals surface area contributed by atoms with Crippen LogP contribution in [0.4, 0.5) is 0 Å². The Kier molecular flexibility index (Phi) is 20.6. The first kappa shape index (κ1) is 50.7. The van der Waals surface area contributed by atoms with Gasteiger partial charge in [0.2, 0.25) is 41.4 Å². The third-order valence-electron chi connectivity index (χ3n) is 9.95. The highest BCUT2D eigenvalue weighted by Crippen LogP contribution is 2.21. The van der Waals surface area contributed by atoms with Gasteiger partial charge in [-0.2, -0.15) is 23.5 Å². The fourth-order valence-corrected chi connectivity index (χ4v) is 9.04. The summed E-state index contributed by atoms with van der Waals surface area (Å²) in [6, 6.07) is 5.84. The predicted molar refractivity (Wildman–Crippen MR) is 238 cm³/mol. The highest BCUT2D eigenvalue weighted by molar-refractivity contribution is 7.98. The van der Waals surface area contributed by atoms with Crippen LogP contribution in [0, 0.1) is 11.8 Å². The van der Waals surface area contributed by atoms with Crippen LogP contribution in [0.5, 0.6) is 0 Å². The van der Waals surface area contributed by atoms with Crippen LogP contribution in [0.25, 0.3) is 0 Å². The molecule has 0 saturated heterocycles. The topological polar surface area (TPSA) is 255 Å². The van der Waals surface area contributed by atoms with E-state index in [0.29, 0.717) is 17.9 Å². The molecular formula is C42H61N7O9S3. The van der Waals surface area contributed by atoms with Crippen molar-refractivity contribution in [2.24, 2.45) is 17.6 Å². The molecule has 1 unspecified atom stereocenters. The number of benzene rings is 1. The Hall–Kier alpha value is -4.62. The fourth-order valence-electron chi connectivity index (χ4n) is 6.27.